The Balaban J connectivity index is 2.34. The molecule has 2 rings (SSSR count). The average molecular weight is 254 g/mol. The summed E-state index contributed by atoms with van der Waals surface area (Å²) in [6.07, 6.45) is 7.64. The molecule has 0 saturated carbocycles. The topological polar surface area (TPSA) is 30.2 Å². The third-order valence-electron chi connectivity index (χ3n) is 2.99. The zero-order valence-electron chi connectivity index (χ0n) is 11.3. The van der Waals surface area contributed by atoms with E-state index in [1.165, 1.54) is 0 Å². The summed E-state index contributed by atoms with van der Waals surface area (Å²) >= 11 is 0. The minimum atomic E-state index is 0.0167. The molecule has 0 N–H and O–H groups in total. The number of unbranched alkanes of at least 4 members (excludes halogenated alkanes) is 1. The molecule has 0 spiro atoms. The second-order valence-corrected chi connectivity index (χ2v) is 4.54. The van der Waals surface area contributed by atoms with Crippen LogP contribution in [0, 0.1) is 6.92 Å². The van der Waals surface area contributed by atoms with Gasteiger partial charge in [0.1, 0.15) is 5.76 Å². The molecular weight excluding hydrogens is 236 g/mol. The molecule has 0 radical (unpaired) electrons. The highest BCUT2D eigenvalue weighted by molar-refractivity contribution is 6.11. The Labute approximate surface area is 113 Å². The van der Waals surface area contributed by atoms with Gasteiger partial charge in [-0.25, -0.2) is 0 Å². The van der Waals surface area contributed by atoms with Crippen LogP contribution >= 0.6 is 0 Å². The SMILES string of the molecule is CCC/C=C/c1occ(C)c1C(=O)c1ccccc1. The van der Waals surface area contributed by atoms with Gasteiger partial charge in [-0.1, -0.05) is 49.8 Å². The van der Waals surface area contributed by atoms with E-state index in [0.717, 1.165) is 18.4 Å². The molecule has 0 aliphatic rings. The van der Waals surface area contributed by atoms with Crippen LogP contribution in [0.1, 0.15) is 47.0 Å². The smallest absolute Gasteiger partial charge is 0.197 e. The first-order chi connectivity index (χ1) is 9.24. The lowest BCUT2D eigenvalue weighted by molar-refractivity contribution is 0.103. The van der Waals surface area contributed by atoms with Gasteiger partial charge in [-0.2, -0.15) is 0 Å². The van der Waals surface area contributed by atoms with Gasteiger partial charge in [0.25, 0.3) is 0 Å². The highest BCUT2D eigenvalue weighted by atomic mass is 16.3. The number of ketones is 1. The molecule has 1 aromatic heterocycles. The third kappa shape index (κ3) is 3.02. The van der Waals surface area contributed by atoms with E-state index in [9.17, 15) is 4.79 Å². The fraction of sp³-hybridized carbons (Fsp3) is 0.235. The van der Waals surface area contributed by atoms with Gasteiger partial charge in [0.15, 0.2) is 5.78 Å². The van der Waals surface area contributed by atoms with E-state index < -0.39 is 0 Å². The summed E-state index contributed by atoms with van der Waals surface area (Å²) in [5.41, 5.74) is 2.24. The van der Waals surface area contributed by atoms with Crippen molar-refractivity contribution in [3.63, 3.8) is 0 Å². The lowest BCUT2D eigenvalue weighted by Crippen LogP contribution is -2.03. The highest BCUT2D eigenvalue weighted by Gasteiger charge is 2.18. The van der Waals surface area contributed by atoms with Crippen LogP contribution in [0.25, 0.3) is 6.08 Å². The van der Waals surface area contributed by atoms with Crippen LogP contribution in [-0.2, 0) is 0 Å². The van der Waals surface area contributed by atoms with Crippen LogP contribution < -0.4 is 0 Å². The Morgan fingerprint density at radius 2 is 2.00 bits per heavy atom. The standard InChI is InChI=1S/C17H18O2/c1-3-4-6-11-15-16(13(2)12-19-15)17(18)14-9-7-5-8-10-14/h5-12H,3-4H2,1-2H3/b11-6+. The molecular formula is C17H18O2. The summed E-state index contributed by atoms with van der Waals surface area (Å²) in [4.78, 5) is 12.5. The maximum Gasteiger partial charge on any atom is 0.197 e. The van der Waals surface area contributed by atoms with Crippen LogP contribution in [0.5, 0.6) is 0 Å². The lowest BCUT2D eigenvalue weighted by Gasteiger charge is -2.01. The number of benzene rings is 1. The molecule has 0 aliphatic heterocycles. The molecule has 0 aliphatic carbocycles. The molecule has 0 bridgehead atoms. The van der Waals surface area contributed by atoms with Gasteiger partial charge < -0.3 is 4.42 Å². The van der Waals surface area contributed by atoms with Gasteiger partial charge in [-0.15, -0.1) is 0 Å². The van der Waals surface area contributed by atoms with Gasteiger partial charge in [0, 0.05) is 5.56 Å². The fourth-order valence-electron chi connectivity index (χ4n) is 1.97. The van der Waals surface area contributed by atoms with E-state index in [4.69, 9.17) is 4.42 Å². The van der Waals surface area contributed by atoms with Crippen molar-refractivity contribution < 1.29 is 9.21 Å². The maximum atomic E-state index is 12.5. The van der Waals surface area contributed by atoms with Gasteiger partial charge in [-0.3, -0.25) is 4.79 Å². The van der Waals surface area contributed by atoms with Crippen molar-refractivity contribution in [2.75, 3.05) is 0 Å². The number of aryl methyl sites for hydroxylation is 1. The predicted octanol–water partition coefficient (Wildman–Crippen LogP) is 4.63. The summed E-state index contributed by atoms with van der Waals surface area (Å²) in [7, 11) is 0. The zero-order chi connectivity index (χ0) is 13.7. The molecule has 2 heteroatoms. The molecule has 0 atom stereocenters. The first-order valence-corrected chi connectivity index (χ1v) is 6.58. The normalized spacial score (nSPS) is 11.1. The monoisotopic (exact) mass is 254 g/mol. The summed E-state index contributed by atoms with van der Waals surface area (Å²) in [6.45, 7) is 4.02. The first-order valence-electron chi connectivity index (χ1n) is 6.58. The number of allylic oxidation sites excluding steroid dienone is 1. The maximum absolute atomic E-state index is 12.5. The molecule has 0 fully saturated rings. The molecule has 1 heterocycles. The molecule has 0 saturated heterocycles. The minimum Gasteiger partial charge on any atom is -0.464 e. The van der Waals surface area contributed by atoms with Gasteiger partial charge in [0.2, 0.25) is 0 Å². The van der Waals surface area contributed by atoms with Gasteiger partial charge in [-0.05, 0) is 25.0 Å². The minimum absolute atomic E-state index is 0.0167. The zero-order valence-corrected chi connectivity index (χ0v) is 11.3. The molecule has 2 aromatic rings. The number of hydrogen-bond acceptors (Lipinski definition) is 2. The number of carbonyl (C=O) groups is 1. The van der Waals surface area contributed by atoms with Gasteiger partial charge in [0.05, 0.1) is 11.8 Å². The fourth-order valence-corrected chi connectivity index (χ4v) is 1.97. The van der Waals surface area contributed by atoms with Crippen LogP contribution in [0.3, 0.4) is 0 Å². The van der Waals surface area contributed by atoms with Gasteiger partial charge >= 0.3 is 0 Å². The van der Waals surface area contributed by atoms with E-state index >= 15 is 0 Å². The van der Waals surface area contributed by atoms with Crippen molar-refractivity contribution >= 4 is 11.9 Å². The number of hydrogen-bond donors (Lipinski definition) is 0. The van der Waals surface area contributed by atoms with Crippen LogP contribution in [-0.4, -0.2) is 5.78 Å². The Kier molecular flexibility index (Phi) is 4.35. The molecule has 0 amide bonds. The van der Waals surface area contributed by atoms with E-state index in [0.29, 0.717) is 16.9 Å². The van der Waals surface area contributed by atoms with Crippen molar-refractivity contribution in [2.24, 2.45) is 0 Å². The lowest BCUT2D eigenvalue weighted by atomic mass is 10.0. The number of furan rings is 1. The second kappa shape index (κ2) is 6.19. The molecule has 2 nitrogen and oxygen atoms in total. The van der Waals surface area contributed by atoms with Crippen molar-refractivity contribution in [2.45, 2.75) is 26.7 Å². The van der Waals surface area contributed by atoms with E-state index in [2.05, 4.69) is 6.92 Å². The van der Waals surface area contributed by atoms with Crippen molar-refractivity contribution in [1.29, 1.82) is 0 Å². The van der Waals surface area contributed by atoms with Crippen molar-refractivity contribution in [1.82, 2.24) is 0 Å². The summed E-state index contributed by atoms with van der Waals surface area (Å²) < 4.78 is 5.48. The Morgan fingerprint density at radius 1 is 1.26 bits per heavy atom. The second-order valence-electron chi connectivity index (χ2n) is 4.54. The molecule has 1 aromatic carbocycles. The largest absolute Gasteiger partial charge is 0.464 e. The van der Waals surface area contributed by atoms with Crippen LogP contribution in [0.4, 0.5) is 0 Å². The Bertz CT molecular complexity index is 577. The summed E-state index contributed by atoms with van der Waals surface area (Å²) in [6, 6.07) is 9.30. The number of rotatable bonds is 5. The van der Waals surface area contributed by atoms with Crippen molar-refractivity contribution in [3.05, 3.63) is 65.1 Å². The van der Waals surface area contributed by atoms with Crippen LogP contribution in [0.2, 0.25) is 0 Å². The Morgan fingerprint density at radius 3 is 2.68 bits per heavy atom. The van der Waals surface area contributed by atoms with E-state index in [1.54, 1.807) is 6.26 Å². The van der Waals surface area contributed by atoms with E-state index in [1.807, 2.05) is 49.4 Å². The predicted molar refractivity (Wildman–Crippen MR) is 77.3 cm³/mol. The van der Waals surface area contributed by atoms with Crippen LogP contribution in [0.15, 0.2) is 47.1 Å². The molecule has 98 valence electrons. The summed E-state index contributed by atoms with van der Waals surface area (Å²) in [5, 5.41) is 0. The third-order valence-corrected chi connectivity index (χ3v) is 2.99. The highest BCUT2D eigenvalue weighted by Crippen LogP contribution is 2.22. The number of carbonyl (C=O) groups excluding carboxylic acids is 1. The van der Waals surface area contributed by atoms with E-state index in [-0.39, 0.29) is 5.78 Å². The molecule has 0 unspecified atom stereocenters. The van der Waals surface area contributed by atoms with Crippen molar-refractivity contribution in [3.8, 4) is 0 Å². The average Bonchev–Trinajstić information content (AvgIpc) is 2.80. The molecule has 19 heavy (non-hydrogen) atoms. The first kappa shape index (κ1) is 13.3. The quantitative estimate of drug-likeness (QED) is 0.728. The summed E-state index contributed by atoms with van der Waals surface area (Å²) in [5.74, 6) is 0.669. The Hall–Kier alpha value is -2.09.